The predicted molar refractivity (Wildman–Crippen MR) is 85.4 cm³/mol. The average molecular weight is 285 g/mol. The number of rotatable bonds is 7. The van der Waals surface area contributed by atoms with Crippen molar-refractivity contribution in [3.05, 3.63) is 66.2 Å². The van der Waals surface area contributed by atoms with Crippen molar-refractivity contribution in [3.63, 3.8) is 0 Å². The van der Waals surface area contributed by atoms with E-state index in [9.17, 15) is 5.11 Å². The summed E-state index contributed by atoms with van der Waals surface area (Å²) in [4.78, 5) is 0. The fraction of sp³-hybridized carbons (Fsp3) is 0.333. The number of benzene rings is 2. The molecule has 3 heteroatoms. The smallest absolute Gasteiger partial charge is 0.119 e. The van der Waals surface area contributed by atoms with E-state index in [0.29, 0.717) is 6.61 Å². The zero-order chi connectivity index (χ0) is 15.1. The van der Waals surface area contributed by atoms with Gasteiger partial charge in [-0.15, -0.1) is 0 Å². The molecule has 0 spiro atoms. The molecule has 3 nitrogen and oxygen atoms in total. The molecular formula is C18H23NO2. The highest BCUT2D eigenvalue weighted by atomic mass is 16.5. The minimum Gasteiger partial charge on any atom is -0.492 e. The summed E-state index contributed by atoms with van der Waals surface area (Å²) in [5.74, 6) is 0.863. The van der Waals surface area contributed by atoms with Gasteiger partial charge in [-0.05, 0) is 31.5 Å². The van der Waals surface area contributed by atoms with Gasteiger partial charge >= 0.3 is 0 Å². The van der Waals surface area contributed by atoms with Crippen LogP contribution >= 0.6 is 0 Å². The number of ether oxygens (including phenoxy) is 1. The van der Waals surface area contributed by atoms with Crippen LogP contribution in [0.2, 0.25) is 0 Å². The maximum Gasteiger partial charge on any atom is 0.119 e. The van der Waals surface area contributed by atoms with Crippen LogP contribution in [0.15, 0.2) is 60.7 Å². The standard InChI is InChI=1S/C18H23NO2/c1-14(13-21-17-11-7-4-8-12-17)19-15(2)18(20)16-9-5-3-6-10-16/h3-12,14-15,18-20H,13H2,1-2H3. The fourth-order valence-corrected chi connectivity index (χ4v) is 2.26. The van der Waals surface area contributed by atoms with Crippen molar-refractivity contribution >= 4 is 0 Å². The molecule has 0 bridgehead atoms. The Kier molecular flexibility index (Phi) is 5.78. The lowest BCUT2D eigenvalue weighted by atomic mass is 10.0. The second-order valence-corrected chi connectivity index (χ2v) is 5.34. The Bertz CT molecular complexity index is 515. The van der Waals surface area contributed by atoms with Crippen LogP contribution in [0.5, 0.6) is 5.75 Å². The van der Waals surface area contributed by atoms with Crippen LogP contribution in [0.25, 0.3) is 0 Å². The average Bonchev–Trinajstić information content (AvgIpc) is 2.54. The maximum atomic E-state index is 10.3. The molecule has 0 aromatic heterocycles. The van der Waals surface area contributed by atoms with Gasteiger partial charge in [0.1, 0.15) is 12.4 Å². The fourth-order valence-electron chi connectivity index (χ4n) is 2.26. The third-order valence-electron chi connectivity index (χ3n) is 3.41. The van der Waals surface area contributed by atoms with Crippen molar-refractivity contribution in [3.8, 4) is 5.75 Å². The van der Waals surface area contributed by atoms with Crippen molar-refractivity contribution in [1.82, 2.24) is 5.32 Å². The first kappa shape index (κ1) is 15.5. The molecule has 2 N–H and O–H groups in total. The quantitative estimate of drug-likeness (QED) is 0.821. The van der Waals surface area contributed by atoms with Gasteiger partial charge in [-0.25, -0.2) is 0 Å². The van der Waals surface area contributed by atoms with Crippen LogP contribution in [-0.2, 0) is 0 Å². The van der Waals surface area contributed by atoms with Crippen molar-refractivity contribution in [2.24, 2.45) is 0 Å². The Morgan fingerprint density at radius 3 is 2.14 bits per heavy atom. The van der Waals surface area contributed by atoms with E-state index in [-0.39, 0.29) is 12.1 Å². The van der Waals surface area contributed by atoms with E-state index in [1.54, 1.807) is 0 Å². The molecule has 2 aromatic rings. The lowest BCUT2D eigenvalue weighted by Crippen LogP contribution is -2.41. The molecule has 0 saturated carbocycles. The summed E-state index contributed by atoms with van der Waals surface area (Å²) < 4.78 is 5.71. The molecule has 0 aliphatic carbocycles. The van der Waals surface area contributed by atoms with E-state index in [1.165, 1.54) is 0 Å². The molecular weight excluding hydrogens is 262 g/mol. The monoisotopic (exact) mass is 285 g/mol. The Balaban J connectivity index is 1.80. The van der Waals surface area contributed by atoms with E-state index in [4.69, 9.17) is 4.74 Å². The van der Waals surface area contributed by atoms with Crippen LogP contribution in [0.3, 0.4) is 0 Å². The van der Waals surface area contributed by atoms with Gasteiger partial charge in [-0.3, -0.25) is 0 Å². The number of aliphatic hydroxyl groups is 1. The molecule has 0 fully saturated rings. The van der Waals surface area contributed by atoms with E-state index < -0.39 is 6.10 Å². The SMILES string of the molecule is CC(COc1ccccc1)NC(C)C(O)c1ccccc1. The van der Waals surface area contributed by atoms with Crippen molar-refractivity contribution < 1.29 is 9.84 Å². The third-order valence-corrected chi connectivity index (χ3v) is 3.41. The predicted octanol–water partition coefficient (Wildman–Crippen LogP) is 3.17. The van der Waals surface area contributed by atoms with Gasteiger partial charge in [0.15, 0.2) is 0 Å². The molecule has 0 heterocycles. The molecule has 0 radical (unpaired) electrons. The minimum absolute atomic E-state index is 0.0400. The van der Waals surface area contributed by atoms with Crippen LogP contribution in [0, 0.1) is 0 Å². The summed E-state index contributed by atoms with van der Waals surface area (Å²) in [6.07, 6.45) is -0.523. The second kappa shape index (κ2) is 7.81. The summed E-state index contributed by atoms with van der Waals surface area (Å²) >= 11 is 0. The third kappa shape index (κ3) is 4.88. The second-order valence-electron chi connectivity index (χ2n) is 5.34. The highest BCUT2D eigenvalue weighted by molar-refractivity contribution is 5.21. The maximum absolute atomic E-state index is 10.3. The summed E-state index contributed by atoms with van der Waals surface area (Å²) in [6.45, 7) is 4.60. The molecule has 0 saturated heterocycles. The van der Waals surface area contributed by atoms with Crippen LogP contribution in [0.4, 0.5) is 0 Å². The van der Waals surface area contributed by atoms with Gasteiger partial charge in [-0.2, -0.15) is 0 Å². The Hall–Kier alpha value is -1.84. The minimum atomic E-state index is -0.523. The number of hydrogen-bond acceptors (Lipinski definition) is 3. The molecule has 0 amide bonds. The summed E-state index contributed by atoms with van der Waals surface area (Å²) in [6, 6.07) is 19.6. The molecule has 2 aromatic carbocycles. The summed E-state index contributed by atoms with van der Waals surface area (Å²) in [7, 11) is 0. The molecule has 0 aliphatic rings. The highest BCUT2D eigenvalue weighted by Crippen LogP contribution is 2.16. The topological polar surface area (TPSA) is 41.5 Å². The van der Waals surface area contributed by atoms with Gasteiger partial charge < -0.3 is 15.2 Å². The van der Waals surface area contributed by atoms with E-state index in [2.05, 4.69) is 12.2 Å². The van der Waals surface area contributed by atoms with Crippen LogP contribution in [-0.4, -0.2) is 23.8 Å². The summed E-state index contributed by atoms with van der Waals surface area (Å²) in [5, 5.41) is 13.7. The lowest BCUT2D eigenvalue weighted by Gasteiger charge is -2.24. The number of para-hydroxylation sites is 1. The highest BCUT2D eigenvalue weighted by Gasteiger charge is 2.18. The van der Waals surface area contributed by atoms with Crippen LogP contribution < -0.4 is 10.1 Å². The summed E-state index contributed by atoms with van der Waals surface area (Å²) in [5.41, 5.74) is 0.925. The van der Waals surface area contributed by atoms with Crippen molar-refractivity contribution in [1.29, 1.82) is 0 Å². The Morgan fingerprint density at radius 2 is 1.52 bits per heavy atom. The Labute approximate surface area is 126 Å². The van der Waals surface area contributed by atoms with E-state index in [1.807, 2.05) is 67.6 Å². The van der Waals surface area contributed by atoms with E-state index in [0.717, 1.165) is 11.3 Å². The first-order valence-corrected chi connectivity index (χ1v) is 7.33. The van der Waals surface area contributed by atoms with E-state index >= 15 is 0 Å². The molecule has 2 rings (SSSR count). The van der Waals surface area contributed by atoms with Gasteiger partial charge in [0.2, 0.25) is 0 Å². The normalized spacial score (nSPS) is 15.2. The van der Waals surface area contributed by atoms with Crippen molar-refractivity contribution in [2.75, 3.05) is 6.61 Å². The molecule has 3 unspecified atom stereocenters. The van der Waals surface area contributed by atoms with Crippen molar-refractivity contribution in [2.45, 2.75) is 32.0 Å². The lowest BCUT2D eigenvalue weighted by molar-refractivity contribution is 0.124. The number of hydrogen-bond donors (Lipinski definition) is 2. The number of aliphatic hydroxyl groups excluding tert-OH is 1. The number of nitrogens with one attached hydrogen (secondary N) is 1. The van der Waals surface area contributed by atoms with Gasteiger partial charge in [0, 0.05) is 12.1 Å². The molecule has 112 valence electrons. The van der Waals surface area contributed by atoms with Gasteiger partial charge in [-0.1, -0.05) is 48.5 Å². The van der Waals surface area contributed by atoms with Gasteiger partial charge in [0.25, 0.3) is 0 Å². The first-order valence-electron chi connectivity index (χ1n) is 7.33. The Morgan fingerprint density at radius 1 is 0.952 bits per heavy atom. The van der Waals surface area contributed by atoms with Crippen LogP contribution in [0.1, 0.15) is 25.5 Å². The molecule has 0 aliphatic heterocycles. The van der Waals surface area contributed by atoms with Gasteiger partial charge in [0.05, 0.1) is 6.10 Å². The zero-order valence-electron chi connectivity index (χ0n) is 12.6. The molecule has 21 heavy (non-hydrogen) atoms. The first-order chi connectivity index (χ1) is 10.2. The molecule has 3 atom stereocenters. The largest absolute Gasteiger partial charge is 0.492 e. The zero-order valence-corrected chi connectivity index (χ0v) is 12.6.